The SMILES string of the molecule is C.C.C.C.C#Cc1ccc(N2CCCN(C)CC2)nc1.CN1CCC(O)(Cc2ccccc2)CC1.CN1CCC(O)(c2cccc(C(F)(F)F)c2)CC1.CN1CCCN(C=O)CC1.CN1CCc2ccccc2C1. The molecule has 2 N–H and O–H groups in total. The maximum atomic E-state index is 12.6. The number of nitrogens with zero attached hydrogens (tertiary/aromatic N) is 8. The summed E-state index contributed by atoms with van der Waals surface area (Å²) in [6.45, 7) is 14.0. The number of anilines is 1. The van der Waals surface area contributed by atoms with E-state index in [1.54, 1.807) is 12.3 Å². The Morgan fingerprint density at radius 1 is 0.622 bits per heavy atom. The molecule has 1 amide bonds. The molecular formula is C60H95F3N8O3. The van der Waals surface area contributed by atoms with Crippen molar-refractivity contribution in [2.75, 3.05) is 125 Å². The molecule has 0 radical (unpaired) electrons. The Morgan fingerprint density at radius 3 is 1.77 bits per heavy atom. The van der Waals surface area contributed by atoms with Crippen LogP contribution in [0.5, 0.6) is 0 Å². The lowest BCUT2D eigenvalue weighted by Gasteiger charge is -2.37. The molecule has 414 valence electrons. The van der Waals surface area contributed by atoms with E-state index in [0.717, 1.165) is 121 Å². The Balaban J connectivity index is 0.000000463. The number of benzene rings is 3. The maximum absolute atomic E-state index is 12.6. The molecule has 0 bridgehead atoms. The van der Waals surface area contributed by atoms with E-state index in [0.29, 0.717) is 31.5 Å². The lowest BCUT2D eigenvalue weighted by atomic mass is 9.84. The van der Waals surface area contributed by atoms with E-state index < -0.39 is 22.9 Å². The molecule has 3 aromatic carbocycles. The third-order valence-corrected chi connectivity index (χ3v) is 14.0. The number of terminal acetylenes is 1. The fraction of sp³-hybridized carbons (Fsp3) is 0.567. The monoisotopic (exact) mass is 1030 g/mol. The Bertz CT molecular complexity index is 2170. The Labute approximate surface area is 446 Å². The number of halogens is 3. The van der Waals surface area contributed by atoms with Crippen LogP contribution in [0.2, 0.25) is 0 Å². The molecule has 0 unspecified atom stereocenters. The van der Waals surface area contributed by atoms with Gasteiger partial charge in [-0.25, -0.2) is 4.98 Å². The first-order chi connectivity index (χ1) is 33.5. The van der Waals surface area contributed by atoms with Gasteiger partial charge in [-0.05, 0) is 140 Å². The largest absolute Gasteiger partial charge is 0.416 e. The van der Waals surface area contributed by atoms with Gasteiger partial charge < -0.3 is 44.5 Å². The van der Waals surface area contributed by atoms with Crippen molar-refractivity contribution in [3.63, 3.8) is 0 Å². The number of likely N-dealkylation sites (tertiary alicyclic amines) is 2. The number of amides is 1. The molecule has 0 aliphatic carbocycles. The lowest BCUT2D eigenvalue weighted by Crippen LogP contribution is -2.44. The summed E-state index contributed by atoms with van der Waals surface area (Å²) in [5.74, 6) is 3.62. The summed E-state index contributed by atoms with van der Waals surface area (Å²) in [6.07, 6.45) is 10.7. The number of pyridine rings is 1. The predicted molar refractivity (Wildman–Crippen MR) is 304 cm³/mol. The minimum absolute atomic E-state index is 0. The van der Waals surface area contributed by atoms with Gasteiger partial charge in [-0.2, -0.15) is 13.2 Å². The summed E-state index contributed by atoms with van der Waals surface area (Å²) in [7, 11) is 10.5. The molecule has 6 heterocycles. The third-order valence-electron chi connectivity index (χ3n) is 14.0. The number of fused-ring (bicyclic) bond motifs is 1. The van der Waals surface area contributed by atoms with Crippen LogP contribution in [0.3, 0.4) is 0 Å². The molecule has 1 aromatic heterocycles. The maximum Gasteiger partial charge on any atom is 0.416 e. The fourth-order valence-corrected chi connectivity index (χ4v) is 9.19. The number of aliphatic hydroxyl groups is 2. The molecule has 4 saturated heterocycles. The second kappa shape index (κ2) is 33.2. The fourth-order valence-electron chi connectivity index (χ4n) is 9.19. The molecule has 11 nitrogen and oxygen atoms in total. The molecule has 9 rings (SSSR count). The number of hydrogen-bond donors (Lipinski definition) is 2. The van der Waals surface area contributed by atoms with Crippen LogP contribution in [0.15, 0.2) is 97.2 Å². The Kier molecular flexibility index (Phi) is 30.2. The lowest BCUT2D eigenvalue weighted by molar-refractivity contribution is -0.137. The zero-order valence-electron chi connectivity index (χ0n) is 42.5. The molecule has 0 spiro atoms. The van der Waals surface area contributed by atoms with Crippen LogP contribution in [-0.4, -0.2) is 177 Å². The van der Waals surface area contributed by atoms with Gasteiger partial charge in [-0.15, -0.1) is 6.42 Å². The number of alkyl halides is 3. The quantitative estimate of drug-likeness (QED) is 0.149. The van der Waals surface area contributed by atoms with Gasteiger partial charge in [0.05, 0.1) is 16.8 Å². The van der Waals surface area contributed by atoms with Crippen LogP contribution in [0.1, 0.15) is 102 Å². The highest BCUT2D eigenvalue weighted by molar-refractivity contribution is 5.47. The van der Waals surface area contributed by atoms with Gasteiger partial charge in [0.15, 0.2) is 0 Å². The summed E-state index contributed by atoms with van der Waals surface area (Å²) in [5, 5.41) is 20.9. The average molecular weight is 1030 g/mol. The smallest absolute Gasteiger partial charge is 0.389 e. The molecule has 0 saturated carbocycles. The highest BCUT2D eigenvalue weighted by atomic mass is 19.4. The topological polar surface area (TPSA) is 93.1 Å². The van der Waals surface area contributed by atoms with Crippen molar-refractivity contribution in [2.45, 2.75) is 105 Å². The molecule has 0 atom stereocenters. The number of carbonyl (C=O) groups is 1. The van der Waals surface area contributed by atoms with Gasteiger partial charge >= 0.3 is 6.18 Å². The van der Waals surface area contributed by atoms with E-state index in [2.05, 4.69) is 105 Å². The predicted octanol–water partition coefficient (Wildman–Crippen LogP) is 9.51. The van der Waals surface area contributed by atoms with Gasteiger partial charge in [-0.1, -0.05) is 102 Å². The number of aromatic nitrogens is 1. The summed E-state index contributed by atoms with van der Waals surface area (Å²) in [4.78, 5) is 30.2. The molecule has 5 aliphatic heterocycles. The van der Waals surface area contributed by atoms with Crippen LogP contribution in [0.4, 0.5) is 19.0 Å². The first-order valence-electron chi connectivity index (χ1n) is 25.0. The van der Waals surface area contributed by atoms with Crippen LogP contribution in [0.25, 0.3) is 0 Å². The first kappa shape index (κ1) is 67.2. The zero-order valence-corrected chi connectivity index (χ0v) is 42.5. The number of piperidine rings is 2. The van der Waals surface area contributed by atoms with Crippen LogP contribution < -0.4 is 4.90 Å². The van der Waals surface area contributed by atoms with E-state index in [1.807, 2.05) is 42.3 Å². The van der Waals surface area contributed by atoms with E-state index in [9.17, 15) is 28.2 Å². The minimum atomic E-state index is -4.36. The van der Waals surface area contributed by atoms with E-state index >= 15 is 0 Å². The van der Waals surface area contributed by atoms with Gasteiger partial charge in [0, 0.05) is 96.7 Å². The molecule has 4 aromatic rings. The first-order valence-corrected chi connectivity index (χ1v) is 25.0. The molecular weight excluding hydrogens is 938 g/mol. The summed E-state index contributed by atoms with van der Waals surface area (Å²) < 4.78 is 37.9. The van der Waals surface area contributed by atoms with E-state index in [4.69, 9.17) is 6.42 Å². The van der Waals surface area contributed by atoms with Gasteiger partial charge in [0.25, 0.3) is 0 Å². The average Bonchev–Trinajstić information content (AvgIpc) is 3.73. The normalized spacial score (nSPS) is 19.0. The Morgan fingerprint density at radius 2 is 1.19 bits per heavy atom. The van der Waals surface area contributed by atoms with Crippen molar-refractivity contribution in [3.05, 3.63) is 131 Å². The van der Waals surface area contributed by atoms with Crippen molar-refractivity contribution in [1.82, 2.24) is 34.4 Å². The molecule has 4 fully saturated rings. The van der Waals surface area contributed by atoms with Crippen LogP contribution >= 0.6 is 0 Å². The highest BCUT2D eigenvalue weighted by Crippen LogP contribution is 2.36. The van der Waals surface area contributed by atoms with Crippen molar-refractivity contribution < 1.29 is 28.2 Å². The molecule has 14 heteroatoms. The van der Waals surface area contributed by atoms with Gasteiger partial charge in [-0.3, -0.25) is 4.79 Å². The number of carbonyl (C=O) groups excluding carboxylic acids is 1. The summed E-state index contributed by atoms with van der Waals surface area (Å²) in [6, 6.07) is 28.0. The van der Waals surface area contributed by atoms with Crippen LogP contribution in [0, 0.1) is 12.3 Å². The molecule has 74 heavy (non-hydrogen) atoms. The van der Waals surface area contributed by atoms with Crippen molar-refractivity contribution in [3.8, 4) is 12.3 Å². The van der Waals surface area contributed by atoms with Crippen molar-refractivity contribution in [1.29, 1.82) is 0 Å². The van der Waals surface area contributed by atoms with E-state index in [-0.39, 0.29) is 29.7 Å². The zero-order chi connectivity index (χ0) is 50.6. The Hall–Kier alpha value is -4.85. The van der Waals surface area contributed by atoms with Gasteiger partial charge in [0.2, 0.25) is 6.41 Å². The summed E-state index contributed by atoms with van der Waals surface area (Å²) in [5.41, 5.74) is 3.17. The van der Waals surface area contributed by atoms with Crippen LogP contribution in [-0.2, 0) is 36.0 Å². The third kappa shape index (κ3) is 22.6. The highest BCUT2D eigenvalue weighted by Gasteiger charge is 2.36. The number of hydrogen-bond acceptors (Lipinski definition) is 10. The number of rotatable bonds is 5. The second-order valence-electron chi connectivity index (χ2n) is 19.9. The van der Waals surface area contributed by atoms with Gasteiger partial charge in [0.1, 0.15) is 5.82 Å². The second-order valence-corrected chi connectivity index (χ2v) is 19.9. The van der Waals surface area contributed by atoms with Crippen molar-refractivity contribution >= 4 is 12.2 Å². The summed E-state index contributed by atoms with van der Waals surface area (Å²) >= 11 is 0. The van der Waals surface area contributed by atoms with E-state index in [1.165, 1.54) is 48.7 Å². The van der Waals surface area contributed by atoms with Crippen molar-refractivity contribution in [2.24, 2.45) is 0 Å². The number of likely N-dealkylation sites (N-methyl/N-ethyl adjacent to an activating group) is 3. The molecule has 5 aliphatic rings. The standard InChI is InChI=1S/C13H16F3NO.C13H17N3.C13H19NO.C10H13N.C7H14N2O.4CH4/c1-17-7-5-12(18,6-8-17)10-3-2-4-11(9-10)13(14,15)16;1-3-12-5-6-13(14-11-12)16-8-4-7-15(2)9-10-16;1-14-9-7-13(15,8-10-14)11-12-5-3-2-4-6-12;1-11-7-6-9-4-2-3-5-10(9)8-11;1-8-3-2-4-9(7-10)6-5-8;;;;/h2-4,9,18H,5-8H2,1H3;1,5-6,11H,4,7-10H2,2H3;2-6,15H,7-11H2,1H3;2-5H,6-8H2,1H3;7H,2-6H2,1H3;4*1H4. The minimum Gasteiger partial charge on any atom is -0.389 e.